The zero-order valence-electron chi connectivity index (χ0n) is 17.7. The van der Waals surface area contributed by atoms with Gasteiger partial charge in [0.1, 0.15) is 11.6 Å². The maximum atomic E-state index is 14.4. The average molecular weight is 466 g/mol. The summed E-state index contributed by atoms with van der Waals surface area (Å²) in [4.78, 5) is 14.4. The van der Waals surface area contributed by atoms with E-state index in [1.165, 1.54) is 16.4 Å². The predicted molar refractivity (Wildman–Crippen MR) is 116 cm³/mol. The number of amides is 1. The second-order valence-corrected chi connectivity index (χ2v) is 9.87. The summed E-state index contributed by atoms with van der Waals surface area (Å²) in [6.07, 6.45) is 1.22. The van der Waals surface area contributed by atoms with Crippen LogP contribution in [0, 0.1) is 18.6 Å². The molecule has 0 aromatic heterocycles. The van der Waals surface area contributed by atoms with Gasteiger partial charge in [-0.15, -0.1) is 0 Å². The number of anilines is 2. The number of halogens is 2. The lowest BCUT2D eigenvalue weighted by Gasteiger charge is -2.31. The molecule has 0 bridgehead atoms. The molecule has 1 N–H and O–H groups in total. The summed E-state index contributed by atoms with van der Waals surface area (Å²) in [7, 11) is -3.72. The van der Waals surface area contributed by atoms with E-state index in [2.05, 4.69) is 5.32 Å². The molecule has 0 atom stereocenters. The minimum absolute atomic E-state index is 0.127. The monoisotopic (exact) mass is 465 g/mol. The fraction of sp³-hybridized carbons (Fsp3) is 0.409. The molecule has 1 saturated heterocycles. The smallest absolute Gasteiger partial charge is 0.243 e. The normalized spacial score (nSPS) is 17.2. The molecule has 0 radical (unpaired) electrons. The van der Waals surface area contributed by atoms with E-state index < -0.39 is 27.6 Å². The van der Waals surface area contributed by atoms with Crippen molar-refractivity contribution >= 4 is 27.3 Å². The van der Waals surface area contributed by atoms with Crippen LogP contribution in [0.3, 0.4) is 0 Å². The molecule has 7 nitrogen and oxygen atoms in total. The summed E-state index contributed by atoms with van der Waals surface area (Å²) in [6.45, 7) is 3.27. The minimum atomic E-state index is -3.72. The number of carbonyl (C=O) groups excluding carboxylic acids is 1. The Morgan fingerprint density at radius 2 is 1.88 bits per heavy atom. The minimum Gasteiger partial charge on any atom is -0.379 e. The van der Waals surface area contributed by atoms with Crippen molar-refractivity contribution in [2.45, 2.75) is 24.7 Å². The number of aryl methyl sites for hydroxylation is 2. The van der Waals surface area contributed by atoms with Crippen LogP contribution in [-0.4, -0.2) is 58.0 Å². The van der Waals surface area contributed by atoms with Crippen LogP contribution in [0.4, 0.5) is 20.2 Å². The number of hydrogen-bond acceptors (Lipinski definition) is 5. The van der Waals surface area contributed by atoms with E-state index >= 15 is 0 Å². The third-order valence-corrected chi connectivity index (χ3v) is 7.73. The number of nitrogens with one attached hydrogen (secondary N) is 1. The predicted octanol–water partition coefficient (Wildman–Crippen LogP) is 2.69. The number of sulfonamides is 1. The summed E-state index contributed by atoms with van der Waals surface area (Å²) in [6, 6.07) is 6.83. The molecule has 0 unspecified atom stereocenters. The van der Waals surface area contributed by atoms with E-state index in [1.807, 2.05) is 0 Å². The Labute approximate surface area is 186 Å². The molecule has 1 fully saturated rings. The second-order valence-electron chi connectivity index (χ2n) is 7.97. The first-order valence-electron chi connectivity index (χ1n) is 10.5. The maximum absolute atomic E-state index is 14.4. The molecule has 10 heteroatoms. The van der Waals surface area contributed by atoms with Crippen molar-refractivity contribution in [3.05, 3.63) is 53.1 Å². The molecule has 2 heterocycles. The van der Waals surface area contributed by atoms with Crippen molar-refractivity contribution in [1.82, 2.24) is 4.31 Å². The van der Waals surface area contributed by atoms with Gasteiger partial charge in [0, 0.05) is 31.4 Å². The quantitative estimate of drug-likeness (QED) is 0.735. The molecule has 4 rings (SSSR count). The van der Waals surface area contributed by atoms with Crippen molar-refractivity contribution in [1.29, 1.82) is 0 Å². The van der Waals surface area contributed by atoms with E-state index in [-0.39, 0.29) is 30.2 Å². The number of carbonyl (C=O) groups is 1. The Morgan fingerprint density at radius 1 is 1.12 bits per heavy atom. The molecule has 2 aliphatic rings. The third-order valence-electron chi connectivity index (χ3n) is 5.69. The van der Waals surface area contributed by atoms with Crippen molar-refractivity contribution in [2.75, 3.05) is 49.6 Å². The van der Waals surface area contributed by atoms with Crippen molar-refractivity contribution in [3.8, 4) is 0 Å². The van der Waals surface area contributed by atoms with Crippen LogP contribution in [0.5, 0.6) is 0 Å². The third kappa shape index (κ3) is 4.62. The van der Waals surface area contributed by atoms with Gasteiger partial charge in [0.15, 0.2) is 0 Å². The molecular weight excluding hydrogens is 440 g/mol. The lowest BCUT2D eigenvalue weighted by Crippen LogP contribution is -2.40. The van der Waals surface area contributed by atoms with Gasteiger partial charge in [0.2, 0.25) is 15.9 Å². The lowest BCUT2D eigenvalue weighted by molar-refractivity contribution is -0.115. The first-order chi connectivity index (χ1) is 15.3. The van der Waals surface area contributed by atoms with Gasteiger partial charge in [0.05, 0.1) is 30.3 Å². The molecule has 172 valence electrons. The molecule has 0 aliphatic carbocycles. The second kappa shape index (κ2) is 9.13. The van der Waals surface area contributed by atoms with Gasteiger partial charge in [0.25, 0.3) is 0 Å². The van der Waals surface area contributed by atoms with Crippen LogP contribution >= 0.6 is 0 Å². The molecule has 2 aliphatic heterocycles. The van der Waals surface area contributed by atoms with Gasteiger partial charge in [-0.1, -0.05) is 6.07 Å². The summed E-state index contributed by atoms with van der Waals surface area (Å²) in [5.74, 6) is -1.75. The van der Waals surface area contributed by atoms with E-state index in [0.29, 0.717) is 49.4 Å². The van der Waals surface area contributed by atoms with Crippen LogP contribution in [-0.2, 0) is 26.0 Å². The zero-order valence-corrected chi connectivity index (χ0v) is 18.6. The Kier molecular flexibility index (Phi) is 6.45. The summed E-state index contributed by atoms with van der Waals surface area (Å²) < 4.78 is 60.6. The average Bonchev–Trinajstić information content (AvgIpc) is 2.75. The summed E-state index contributed by atoms with van der Waals surface area (Å²) in [5.41, 5.74) is 1.69. The summed E-state index contributed by atoms with van der Waals surface area (Å²) >= 11 is 0. The fourth-order valence-corrected chi connectivity index (χ4v) is 5.81. The SMILES string of the molecule is Cc1ccc(NC(=O)CN2CCCc3cc(F)cc(F)c32)cc1S(=O)(=O)N1CCOCC1. The van der Waals surface area contributed by atoms with Crippen molar-refractivity contribution in [3.63, 3.8) is 0 Å². The zero-order chi connectivity index (χ0) is 22.9. The molecule has 0 saturated carbocycles. The highest BCUT2D eigenvalue weighted by Gasteiger charge is 2.28. The number of fused-ring (bicyclic) bond motifs is 1. The van der Waals surface area contributed by atoms with Crippen LogP contribution in [0.2, 0.25) is 0 Å². The van der Waals surface area contributed by atoms with Crippen LogP contribution in [0.1, 0.15) is 17.5 Å². The van der Waals surface area contributed by atoms with Gasteiger partial charge in [-0.05, 0) is 49.1 Å². The van der Waals surface area contributed by atoms with E-state index in [9.17, 15) is 22.0 Å². The Balaban J connectivity index is 1.51. The fourth-order valence-electron chi connectivity index (χ4n) is 4.15. The topological polar surface area (TPSA) is 79.0 Å². The summed E-state index contributed by atoms with van der Waals surface area (Å²) in [5, 5.41) is 2.71. The number of hydrogen-bond donors (Lipinski definition) is 1. The number of benzene rings is 2. The molecule has 2 aromatic carbocycles. The van der Waals surface area contributed by atoms with Gasteiger partial charge in [-0.2, -0.15) is 4.31 Å². The van der Waals surface area contributed by atoms with Crippen LogP contribution in [0.25, 0.3) is 0 Å². The Bertz CT molecular complexity index is 1130. The Morgan fingerprint density at radius 3 is 2.62 bits per heavy atom. The number of morpholine rings is 1. The number of nitrogens with zero attached hydrogens (tertiary/aromatic N) is 2. The highest BCUT2D eigenvalue weighted by Crippen LogP contribution is 2.31. The van der Waals surface area contributed by atoms with E-state index in [4.69, 9.17) is 4.74 Å². The number of ether oxygens (including phenoxy) is 1. The highest BCUT2D eigenvalue weighted by molar-refractivity contribution is 7.89. The van der Waals surface area contributed by atoms with Gasteiger partial charge in [-0.3, -0.25) is 4.79 Å². The van der Waals surface area contributed by atoms with E-state index in [0.717, 1.165) is 6.07 Å². The van der Waals surface area contributed by atoms with Gasteiger partial charge >= 0.3 is 0 Å². The molecular formula is C22H25F2N3O4S. The van der Waals surface area contributed by atoms with Crippen molar-refractivity contribution in [2.24, 2.45) is 0 Å². The van der Waals surface area contributed by atoms with E-state index in [1.54, 1.807) is 24.0 Å². The first-order valence-corrected chi connectivity index (χ1v) is 11.9. The lowest BCUT2D eigenvalue weighted by atomic mass is 10.0. The van der Waals surface area contributed by atoms with Gasteiger partial charge < -0.3 is 15.0 Å². The van der Waals surface area contributed by atoms with Crippen LogP contribution < -0.4 is 10.2 Å². The molecule has 1 amide bonds. The highest BCUT2D eigenvalue weighted by atomic mass is 32.2. The number of rotatable bonds is 5. The van der Waals surface area contributed by atoms with Crippen molar-refractivity contribution < 1.29 is 26.7 Å². The largest absolute Gasteiger partial charge is 0.379 e. The Hall–Kier alpha value is -2.56. The first kappa shape index (κ1) is 22.6. The molecule has 2 aromatic rings. The van der Waals surface area contributed by atoms with Gasteiger partial charge in [-0.25, -0.2) is 17.2 Å². The molecule has 32 heavy (non-hydrogen) atoms. The molecule has 0 spiro atoms. The maximum Gasteiger partial charge on any atom is 0.243 e. The standard InChI is InChI=1S/C22H25F2N3O4S/c1-15-4-5-18(13-20(15)32(29,30)27-7-9-31-10-8-27)25-21(28)14-26-6-2-3-16-11-17(23)12-19(24)22(16)26/h4-5,11-13H,2-3,6-10,14H2,1H3,(H,25,28). The van der Waals surface area contributed by atoms with Crippen LogP contribution in [0.15, 0.2) is 35.2 Å².